The van der Waals surface area contributed by atoms with Crippen LogP contribution in [0.1, 0.15) is 37.9 Å². The first-order chi connectivity index (χ1) is 20.2. The van der Waals surface area contributed by atoms with Gasteiger partial charge in [-0.05, 0) is 72.6 Å². The number of methoxy groups -OCH3 is 1. The Morgan fingerprint density at radius 1 is 1.02 bits per heavy atom. The van der Waals surface area contributed by atoms with Gasteiger partial charge < -0.3 is 23.7 Å². The van der Waals surface area contributed by atoms with E-state index in [1.165, 1.54) is 17.9 Å². The third-order valence-electron chi connectivity index (χ3n) is 5.97. The molecule has 0 radical (unpaired) electrons. The maximum atomic E-state index is 14.0. The van der Waals surface area contributed by atoms with E-state index >= 15 is 0 Å². The number of halogens is 2. The minimum atomic E-state index is -0.834. The van der Waals surface area contributed by atoms with Crippen molar-refractivity contribution in [3.63, 3.8) is 0 Å². The summed E-state index contributed by atoms with van der Waals surface area (Å²) in [5.41, 5.74) is 0.961. The molecule has 0 aliphatic carbocycles. The van der Waals surface area contributed by atoms with Crippen molar-refractivity contribution in [3.05, 3.63) is 81.9 Å². The number of thiazole rings is 1. The lowest BCUT2D eigenvalue weighted by atomic mass is 9.97. The van der Waals surface area contributed by atoms with Crippen molar-refractivity contribution in [2.24, 2.45) is 4.99 Å². The Hall–Kier alpha value is -3.42. The van der Waals surface area contributed by atoms with Crippen LogP contribution in [0.15, 0.2) is 60.8 Å². The van der Waals surface area contributed by atoms with Gasteiger partial charge in [-0.3, -0.25) is 9.36 Å². The standard InChI is InChI=1S/C29H28Br2N2O8S/c1-5-38-21-9-8-16(11-22(21)39-6-2)25-19(28(36)37-4)14-32-29-33(25)27(35)23(42-29)12-17-10-18(30)13-20(31)26(17)41-15-24(34)40-7-3/h8-14,25H,5-7,15H2,1-4H3/b23-12+/t25-/m1/s1. The summed E-state index contributed by atoms with van der Waals surface area (Å²) >= 11 is 8.10. The highest BCUT2D eigenvalue weighted by molar-refractivity contribution is 9.11. The summed E-state index contributed by atoms with van der Waals surface area (Å²) in [6, 6.07) is 7.99. The van der Waals surface area contributed by atoms with Crippen LogP contribution in [0.2, 0.25) is 0 Å². The highest BCUT2D eigenvalue weighted by Crippen LogP contribution is 2.36. The van der Waals surface area contributed by atoms with E-state index in [1.807, 2.05) is 13.8 Å². The van der Waals surface area contributed by atoms with Gasteiger partial charge in [-0.15, -0.1) is 0 Å². The number of rotatable bonds is 11. The summed E-state index contributed by atoms with van der Waals surface area (Å²) in [6.07, 6.45) is 3.08. The smallest absolute Gasteiger partial charge is 0.344 e. The highest BCUT2D eigenvalue weighted by Gasteiger charge is 2.31. The number of fused-ring (bicyclic) bond motifs is 1. The van der Waals surface area contributed by atoms with Gasteiger partial charge in [-0.25, -0.2) is 14.6 Å². The number of hydrogen-bond acceptors (Lipinski definition) is 10. The van der Waals surface area contributed by atoms with Gasteiger partial charge in [0.1, 0.15) is 5.75 Å². The summed E-state index contributed by atoms with van der Waals surface area (Å²) in [5.74, 6) is 0.263. The van der Waals surface area contributed by atoms with Gasteiger partial charge in [0, 0.05) is 16.2 Å². The molecule has 0 saturated carbocycles. The topological polar surface area (TPSA) is 115 Å². The van der Waals surface area contributed by atoms with E-state index < -0.39 is 18.0 Å². The number of hydrogen-bond donors (Lipinski definition) is 0. The van der Waals surface area contributed by atoms with E-state index in [4.69, 9.17) is 23.7 Å². The van der Waals surface area contributed by atoms with Crippen LogP contribution in [-0.4, -0.2) is 50.0 Å². The maximum Gasteiger partial charge on any atom is 0.344 e. The summed E-state index contributed by atoms with van der Waals surface area (Å²) in [5, 5.41) is 0. The molecule has 0 N–H and O–H groups in total. The summed E-state index contributed by atoms with van der Waals surface area (Å²) in [7, 11) is 1.28. The molecule has 222 valence electrons. The van der Waals surface area contributed by atoms with Crippen molar-refractivity contribution >= 4 is 61.2 Å². The van der Waals surface area contributed by atoms with E-state index in [2.05, 4.69) is 36.9 Å². The highest BCUT2D eigenvalue weighted by atomic mass is 79.9. The Kier molecular flexibility index (Phi) is 10.6. The molecule has 1 atom stereocenters. The number of carbonyl (C=O) groups is 2. The monoisotopic (exact) mass is 722 g/mol. The maximum absolute atomic E-state index is 14.0. The van der Waals surface area contributed by atoms with Gasteiger partial charge in [0.05, 0.1) is 47.6 Å². The van der Waals surface area contributed by atoms with E-state index in [1.54, 1.807) is 43.3 Å². The van der Waals surface area contributed by atoms with Crippen molar-refractivity contribution < 1.29 is 33.3 Å². The van der Waals surface area contributed by atoms with Gasteiger partial charge in [-0.2, -0.15) is 0 Å². The zero-order chi connectivity index (χ0) is 30.4. The van der Waals surface area contributed by atoms with Gasteiger partial charge in [0.2, 0.25) is 0 Å². The average Bonchev–Trinajstić information content (AvgIpc) is 3.27. The van der Waals surface area contributed by atoms with E-state index in [-0.39, 0.29) is 24.3 Å². The first-order valence-electron chi connectivity index (χ1n) is 13.0. The lowest BCUT2D eigenvalue weighted by molar-refractivity contribution is -0.145. The number of carbonyl (C=O) groups excluding carboxylic acids is 2. The molecule has 2 aromatic carbocycles. The van der Waals surface area contributed by atoms with Crippen LogP contribution in [0.5, 0.6) is 17.2 Å². The minimum Gasteiger partial charge on any atom is -0.490 e. The number of ether oxygens (including phenoxy) is 5. The fraction of sp³-hybridized carbons (Fsp3) is 0.310. The molecule has 0 spiro atoms. The third-order valence-corrected chi connectivity index (χ3v) is 8.02. The first-order valence-corrected chi connectivity index (χ1v) is 15.4. The molecule has 13 heteroatoms. The van der Waals surface area contributed by atoms with E-state index in [0.717, 1.165) is 15.8 Å². The molecule has 10 nitrogen and oxygen atoms in total. The molecule has 0 bridgehead atoms. The van der Waals surface area contributed by atoms with Crippen LogP contribution in [0.4, 0.5) is 0 Å². The number of nitrogens with zero attached hydrogens (tertiary/aromatic N) is 2. The Morgan fingerprint density at radius 3 is 2.45 bits per heavy atom. The van der Waals surface area contributed by atoms with Crippen LogP contribution in [0, 0.1) is 0 Å². The van der Waals surface area contributed by atoms with Crippen molar-refractivity contribution in [1.82, 2.24) is 4.57 Å². The summed E-state index contributed by atoms with van der Waals surface area (Å²) in [4.78, 5) is 43.6. The Balaban J connectivity index is 1.87. The van der Waals surface area contributed by atoms with Crippen LogP contribution < -0.4 is 29.1 Å². The Morgan fingerprint density at radius 2 is 1.76 bits per heavy atom. The molecule has 1 aromatic heterocycles. The first kappa shape index (κ1) is 31.5. The quantitative estimate of drug-likeness (QED) is 0.270. The number of aromatic nitrogens is 1. The minimum absolute atomic E-state index is 0.187. The zero-order valence-electron chi connectivity index (χ0n) is 23.3. The van der Waals surface area contributed by atoms with E-state index in [9.17, 15) is 14.4 Å². The second-order valence-corrected chi connectivity index (χ2v) is 11.4. The molecule has 3 aromatic rings. The molecule has 1 aliphatic heterocycles. The van der Waals surface area contributed by atoms with Crippen molar-refractivity contribution in [1.29, 1.82) is 0 Å². The van der Waals surface area contributed by atoms with Crippen molar-refractivity contribution in [2.45, 2.75) is 26.8 Å². The fourth-order valence-corrected chi connectivity index (χ4v) is 6.64. The number of benzene rings is 2. The van der Waals surface area contributed by atoms with Crippen molar-refractivity contribution in [3.8, 4) is 17.2 Å². The van der Waals surface area contributed by atoms with Crippen LogP contribution >= 0.6 is 43.2 Å². The molecule has 42 heavy (non-hydrogen) atoms. The molecule has 0 saturated heterocycles. The molecule has 4 rings (SSSR count). The molecule has 2 heterocycles. The summed E-state index contributed by atoms with van der Waals surface area (Å²) < 4.78 is 30.4. The molecule has 0 fully saturated rings. The molecule has 0 amide bonds. The van der Waals surface area contributed by atoms with E-state index in [0.29, 0.717) is 55.4 Å². The van der Waals surface area contributed by atoms with Crippen molar-refractivity contribution in [2.75, 3.05) is 33.5 Å². The molecular weight excluding hydrogens is 696 g/mol. The second kappa shape index (κ2) is 14.2. The largest absolute Gasteiger partial charge is 0.490 e. The lowest BCUT2D eigenvalue weighted by Crippen LogP contribution is -2.39. The van der Waals surface area contributed by atoms with Gasteiger partial charge in [0.25, 0.3) is 5.56 Å². The molecule has 1 aliphatic rings. The van der Waals surface area contributed by atoms with Crippen LogP contribution in [-0.2, 0) is 19.1 Å². The van der Waals surface area contributed by atoms with Crippen LogP contribution in [0.3, 0.4) is 0 Å². The Labute approximate surface area is 262 Å². The Bertz CT molecular complexity index is 1710. The lowest BCUT2D eigenvalue weighted by Gasteiger charge is -2.23. The predicted octanol–water partition coefficient (Wildman–Crippen LogP) is 4.28. The normalized spacial score (nSPS) is 14.4. The zero-order valence-corrected chi connectivity index (χ0v) is 27.3. The summed E-state index contributed by atoms with van der Waals surface area (Å²) in [6.45, 7) is 6.20. The van der Waals surface area contributed by atoms with Gasteiger partial charge in [-0.1, -0.05) is 33.3 Å². The average molecular weight is 724 g/mol. The van der Waals surface area contributed by atoms with Crippen LogP contribution in [0.25, 0.3) is 6.08 Å². The molecule has 0 unspecified atom stereocenters. The molecular formula is C29H28Br2N2O8S. The van der Waals surface area contributed by atoms with Gasteiger partial charge >= 0.3 is 11.9 Å². The predicted molar refractivity (Wildman–Crippen MR) is 164 cm³/mol. The SMILES string of the molecule is CCOC(=O)COc1c(Br)cc(Br)cc1/C=c1/sc2n(c1=O)[C@H](c1ccc(OCC)c(OCC)c1)C(C(=O)OC)=CN=2. The second-order valence-electron chi connectivity index (χ2n) is 8.65. The fourth-order valence-electron chi connectivity index (χ4n) is 4.30. The van der Waals surface area contributed by atoms with Gasteiger partial charge in [0.15, 0.2) is 22.9 Å². The number of esters is 2. The third kappa shape index (κ3) is 6.79.